The van der Waals surface area contributed by atoms with Gasteiger partial charge in [0.2, 0.25) is 0 Å². The van der Waals surface area contributed by atoms with E-state index in [0.717, 1.165) is 17.2 Å². The Hall–Kier alpha value is -4.63. The number of rotatable bonds is 6. The van der Waals surface area contributed by atoms with Crippen molar-refractivity contribution in [2.75, 3.05) is 0 Å². The number of carbonyl (C=O) groups excluding carboxylic acids is 2. The molecule has 41 heavy (non-hydrogen) atoms. The van der Waals surface area contributed by atoms with Crippen LogP contribution >= 0.6 is 11.6 Å². The predicted octanol–water partition coefficient (Wildman–Crippen LogP) is 6.91. The zero-order valence-corrected chi connectivity index (χ0v) is 23.0. The van der Waals surface area contributed by atoms with E-state index in [2.05, 4.69) is 10.1 Å². The number of amides is 2. The molecule has 0 radical (unpaired) electrons. The molecule has 2 amide bonds. The van der Waals surface area contributed by atoms with Gasteiger partial charge in [0.15, 0.2) is 5.82 Å². The SMILES string of the molecule is Cc1cc(-n2ncc(F)c2C)c2cccc(OCc3c(Cl)cc(F)cc3[C@H](C)N3C(=O)c4ccccc4C3=O)c2n1. The van der Waals surface area contributed by atoms with E-state index in [1.165, 1.54) is 10.7 Å². The van der Waals surface area contributed by atoms with Crippen molar-refractivity contribution < 1.29 is 23.1 Å². The molecule has 0 saturated carbocycles. The lowest BCUT2D eigenvalue weighted by Gasteiger charge is -2.26. The van der Waals surface area contributed by atoms with Crippen LogP contribution < -0.4 is 4.74 Å². The maximum absolute atomic E-state index is 14.6. The van der Waals surface area contributed by atoms with Gasteiger partial charge in [-0.05, 0) is 62.7 Å². The quantitative estimate of drug-likeness (QED) is 0.207. The number of halogens is 3. The van der Waals surface area contributed by atoms with Gasteiger partial charge in [-0.1, -0.05) is 35.9 Å². The maximum atomic E-state index is 14.6. The van der Waals surface area contributed by atoms with Crippen LogP contribution in [0.3, 0.4) is 0 Å². The molecular weight excluding hydrogens is 550 g/mol. The fourth-order valence-electron chi connectivity index (χ4n) is 5.25. The van der Waals surface area contributed by atoms with Crippen molar-refractivity contribution in [1.82, 2.24) is 19.7 Å². The third kappa shape index (κ3) is 4.42. The van der Waals surface area contributed by atoms with E-state index in [4.69, 9.17) is 16.3 Å². The van der Waals surface area contributed by atoms with Crippen LogP contribution in [0.25, 0.3) is 16.6 Å². The summed E-state index contributed by atoms with van der Waals surface area (Å²) in [6, 6.07) is 15.3. The van der Waals surface area contributed by atoms with Gasteiger partial charge in [0.1, 0.15) is 23.7 Å². The molecule has 1 atom stereocenters. The fourth-order valence-corrected chi connectivity index (χ4v) is 5.52. The van der Waals surface area contributed by atoms with E-state index in [0.29, 0.717) is 56.0 Å². The lowest BCUT2D eigenvalue weighted by molar-refractivity contribution is 0.0593. The topological polar surface area (TPSA) is 77.3 Å². The van der Waals surface area contributed by atoms with Crippen molar-refractivity contribution in [2.24, 2.45) is 0 Å². The number of ether oxygens (including phenoxy) is 1. The number of benzene rings is 3. The molecule has 1 aliphatic rings. The molecule has 1 aliphatic heterocycles. The first-order valence-electron chi connectivity index (χ1n) is 12.8. The molecule has 10 heteroatoms. The second-order valence-corrected chi connectivity index (χ2v) is 10.3. The van der Waals surface area contributed by atoms with Crippen molar-refractivity contribution in [3.05, 3.63) is 117 Å². The maximum Gasteiger partial charge on any atom is 0.262 e. The van der Waals surface area contributed by atoms with Gasteiger partial charge in [0.05, 0.1) is 39.8 Å². The normalized spacial score (nSPS) is 13.7. The summed E-state index contributed by atoms with van der Waals surface area (Å²) < 4.78 is 36.4. The first-order valence-corrected chi connectivity index (χ1v) is 13.2. The van der Waals surface area contributed by atoms with Crippen LogP contribution in [-0.4, -0.2) is 31.5 Å². The molecule has 0 saturated heterocycles. The number of aromatic nitrogens is 3. The Bertz CT molecular complexity index is 1850. The number of para-hydroxylation sites is 1. The number of aryl methyl sites for hydroxylation is 1. The van der Waals surface area contributed by atoms with Crippen molar-refractivity contribution >= 4 is 34.3 Å². The highest BCUT2D eigenvalue weighted by molar-refractivity contribution is 6.31. The summed E-state index contributed by atoms with van der Waals surface area (Å²) in [4.78, 5) is 32.1. The van der Waals surface area contributed by atoms with E-state index in [-0.39, 0.29) is 11.6 Å². The molecule has 206 valence electrons. The minimum Gasteiger partial charge on any atom is -0.487 e. The Morgan fingerprint density at radius 2 is 1.68 bits per heavy atom. The van der Waals surface area contributed by atoms with Crippen molar-refractivity contribution in [3.63, 3.8) is 0 Å². The molecule has 0 spiro atoms. The molecule has 7 nitrogen and oxygen atoms in total. The van der Waals surface area contributed by atoms with Crippen molar-refractivity contribution in [2.45, 2.75) is 33.4 Å². The van der Waals surface area contributed by atoms with Crippen LogP contribution in [0.2, 0.25) is 5.02 Å². The van der Waals surface area contributed by atoms with E-state index in [1.54, 1.807) is 50.2 Å². The van der Waals surface area contributed by atoms with E-state index >= 15 is 0 Å². The standard InChI is InChI=1S/C31H23ClF2N4O3/c1-16-11-27(38-18(3)26(34)14-35-38)22-9-6-10-28(29(22)36-16)41-15-24-23(12-19(33)13-25(24)32)17(2)37-30(39)20-7-4-5-8-21(20)31(37)40/h4-14,17H,15H2,1-3H3/t17-/m0/s1. The number of hydrogen-bond acceptors (Lipinski definition) is 5. The molecule has 3 aromatic carbocycles. The van der Waals surface area contributed by atoms with Crippen LogP contribution in [0, 0.1) is 25.5 Å². The summed E-state index contributed by atoms with van der Waals surface area (Å²) in [7, 11) is 0. The highest BCUT2D eigenvalue weighted by atomic mass is 35.5. The Morgan fingerprint density at radius 3 is 2.34 bits per heavy atom. The molecule has 0 aliphatic carbocycles. The summed E-state index contributed by atoms with van der Waals surface area (Å²) in [6.07, 6.45) is 1.16. The Labute approximate surface area is 238 Å². The van der Waals surface area contributed by atoms with Crippen molar-refractivity contribution in [3.8, 4) is 11.4 Å². The zero-order chi connectivity index (χ0) is 29.0. The van der Waals surface area contributed by atoms with Gasteiger partial charge in [0.25, 0.3) is 11.8 Å². The minimum absolute atomic E-state index is 0.0937. The predicted molar refractivity (Wildman–Crippen MR) is 149 cm³/mol. The molecule has 0 bridgehead atoms. The summed E-state index contributed by atoms with van der Waals surface area (Å²) in [6.45, 7) is 5.00. The van der Waals surface area contributed by atoms with Gasteiger partial charge in [-0.3, -0.25) is 14.5 Å². The number of pyridine rings is 1. The van der Waals surface area contributed by atoms with Gasteiger partial charge in [0, 0.05) is 16.6 Å². The number of carbonyl (C=O) groups is 2. The highest BCUT2D eigenvalue weighted by Gasteiger charge is 2.39. The summed E-state index contributed by atoms with van der Waals surface area (Å²) in [5, 5.41) is 4.95. The Kier molecular flexibility index (Phi) is 6.54. The summed E-state index contributed by atoms with van der Waals surface area (Å²) in [5.41, 5.74) is 3.54. The fraction of sp³-hybridized carbons (Fsp3) is 0.161. The van der Waals surface area contributed by atoms with Crippen LogP contribution in [0.1, 0.15) is 56.2 Å². The molecule has 0 N–H and O–H groups in total. The monoisotopic (exact) mass is 572 g/mol. The van der Waals surface area contributed by atoms with Crippen LogP contribution in [-0.2, 0) is 6.61 Å². The Balaban J connectivity index is 1.37. The van der Waals surface area contributed by atoms with Gasteiger partial charge in [-0.15, -0.1) is 0 Å². The minimum atomic E-state index is -0.827. The van der Waals surface area contributed by atoms with Gasteiger partial charge in [-0.25, -0.2) is 18.4 Å². The number of imide groups is 1. The molecule has 3 heterocycles. The second kappa shape index (κ2) is 10.1. The lowest BCUT2D eigenvalue weighted by atomic mass is 10.00. The first kappa shape index (κ1) is 26.6. The number of hydrogen-bond donors (Lipinski definition) is 0. The third-order valence-corrected chi connectivity index (χ3v) is 7.65. The summed E-state index contributed by atoms with van der Waals surface area (Å²) in [5.74, 6) is -1.54. The second-order valence-electron chi connectivity index (χ2n) is 9.87. The molecular formula is C31H23ClF2N4O3. The molecule has 0 fully saturated rings. The largest absolute Gasteiger partial charge is 0.487 e. The molecule has 0 unspecified atom stereocenters. The molecule has 2 aromatic heterocycles. The average Bonchev–Trinajstić information content (AvgIpc) is 3.41. The van der Waals surface area contributed by atoms with E-state index < -0.39 is 29.5 Å². The van der Waals surface area contributed by atoms with Crippen molar-refractivity contribution in [1.29, 1.82) is 0 Å². The molecule has 5 aromatic rings. The Morgan fingerprint density at radius 1 is 0.976 bits per heavy atom. The first-order chi connectivity index (χ1) is 19.7. The lowest BCUT2D eigenvalue weighted by Crippen LogP contribution is -2.33. The van der Waals surface area contributed by atoms with Gasteiger partial charge < -0.3 is 4.74 Å². The number of fused-ring (bicyclic) bond motifs is 2. The molecule has 6 rings (SSSR count). The third-order valence-electron chi connectivity index (χ3n) is 7.32. The van der Waals surface area contributed by atoms with E-state index in [9.17, 15) is 18.4 Å². The van der Waals surface area contributed by atoms with Gasteiger partial charge in [-0.2, -0.15) is 5.10 Å². The zero-order valence-electron chi connectivity index (χ0n) is 22.3. The van der Waals surface area contributed by atoms with Crippen LogP contribution in [0.15, 0.2) is 66.9 Å². The summed E-state index contributed by atoms with van der Waals surface area (Å²) >= 11 is 6.51. The van der Waals surface area contributed by atoms with Crippen LogP contribution in [0.4, 0.5) is 8.78 Å². The average molecular weight is 573 g/mol. The van der Waals surface area contributed by atoms with E-state index in [1.807, 2.05) is 19.1 Å². The highest BCUT2D eigenvalue weighted by Crippen LogP contribution is 2.37. The smallest absolute Gasteiger partial charge is 0.262 e. The van der Waals surface area contributed by atoms with Crippen LogP contribution in [0.5, 0.6) is 5.75 Å². The number of nitrogens with zero attached hydrogens (tertiary/aromatic N) is 4. The van der Waals surface area contributed by atoms with Gasteiger partial charge >= 0.3 is 0 Å².